The Morgan fingerprint density at radius 1 is 1.03 bits per heavy atom. The highest BCUT2D eigenvalue weighted by Crippen LogP contribution is 2.35. The van der Waals surface area contributed by atoms with Gasteiger partial charge in [-0.25, -0.2) is 8.42 Å². The van der Waals surface area contributed by atoms with Crippen LogP contribution in [0.1, 0.15) is 57.8 Å². The minimum absolute atomic E-state index is 0.0933. The van der Waals surface area contributed by atoms with Crippen molar-refractivity contribution in [3.8, 4) is 5.75 Å². The van der Waals surface area contributed by atoms with E-state index in [1.54, 1.807) is 6.07 Å². The second kappa shape index (κ2) is 9.56. The van der Waals surface area contributed by atoms with Crippen LogP contribution in [0.15, 0.2) is 23.1 Å². The molecule has 0 atom stereocenters. The maximum atomic E-state index is 13.0. The van der Waals surface area contributed by atoms with E-state index in [4.69, 9.17) is 4.74 Å². The van der Waals surface area contributed by atoms with Gasteiger partial charge in [0, 0.05) is 25.2 Å². The van der Waals surface area contributed by atoms with Crippen LogP contribution in [-0.2, 0) is 19.6 Å². The van der Waals surface area contributed by atoms with Crippen LogP contribution in [-0.4, -0.2) is 56.8 Å². The van der Waals surface area contributed by atoms with Crippen molar-refractivity contribution in [2.45, 2.75) is 68.7 Å². The molecule has 31 heavy (non-hydrogen) atoms. The summed E-state index contributed by atoms with van der Waals surface area (Å²) in [5.74, 6) is -0.187. The summed E-state index contributed by atoms with van der Waals surface area (Å²) in [5, 5.41) is 3.06. The highest BCUT2D eigenvalue weighted by atomic mass is 32.2. The van der Waals surface area contributed by atoms with Crippen LogP contribution < -0.4 is 15.0 Å². The van der Waals surface area contributed by atoms with Crippen molar-refractivity contribution in [3.05, 3.63) is 18.2 Å². The van der Waals surface area contributed by atoms with Crippen molar-refractivity contribution in [2.24, 2.45) is 0 Å². The average molecular weight is 450 g/mol. The lowest BCUT2D eigenvalue weighted by atomic mass is 10.1. The van der Waals surface area contributed by atoms with Crippen LogP contribution in [0.3, 0.4) is 0 Å². The predicted octanol–water partition coefficient (Wildman–Crippen LogP) is 2.43. The van der Waals surface area contributed by atoms with Crippen molar-refractivity contribution in [1.29, 1.82) is 0 Å². The molecule has 1 saturated heterocycles. The van der Waals surface area contributed by atoms with Gasteiger partial charge in [0.05, 0.1) is 10.6 Å². The zero-order valence-corrected chi connectivity index (χ0v) is 18.7. The number of benzene rings is 1. The Bertz CT molecular complexity index is 919. The minimum atomic E-state index is -3.60. The molecule has 0 radical (unpaired) electrons. The van der Waals surface area contributed by atoms with Gasteiger partial charge in [0.2, 0.25) is 15.9 Å². The first-order valence-corrected chi connectivity index (χ1v) is 12.8. The molecule has 0 bridgehead atoms. The molecule has 2 fully saturated rings. The lowest BCUT2D eigenvalue weighted by molar-refractivity contribution is -0.125. The summed E-state index contributed by atoms with van der Waals surface area (Å²) in [6.45, 7) is 0.735. The first-order valence-electron chi connectivity index (χ1n) is 11.3. The van der Waals surface area contributed by atoms with E-state index in [2.05, 4.69) is 5.32 Å². The van der Waals surface area contributed by atoms with Gasteiger partial charge in [-0.3, -0.25) is 14.5 Å². The summed E-state index contributed by atoms with van der Waals surface area (Å²) < 4.78 is 33.0. The van der Waals surface area contributed by atoms with E-state index in [0.29, 0.717) is 24.5 Å². The van der Waals surface area contributed by atoms with E-state index in [1.807, 2.05) is 0 Å². The van der Waals surface area contributed by atoms with Gasteiger partial charge >= 0.3 is 0 Å². The Morgan fingerprint density at radius 2 is 1.71 bits per heavy atom. The van der Waals surface area contributed by atoms with Crippen molar-refractivity contribution in [3.63, 3.8) is 0 Å². The molecule has 0 unspecified atom stereocenters. The molecule has 3 aliphatic rings. The van der Waals surface area contributed by atoms with E-state index >= 15 is 0 Å². The van der Waals surface area contributed by atoms with Crippen molar-refractivity contribution in [2.75, 3.05) is 31.1 Å². The molecule has 1 aromatic carbocycles. The minimum Gasteiger partial charge on any atom is -0.482 e. The number of carbonyl (C=O) groups is 2. The van der Waals surface area contributed by atoms with Crippen LogP contribution in [0, 0.1) is 0 Å². The van der Waals surface area contributed by atoms with Crippen molar-refractivity contribution in [1.82, 2.24) is 9.62 Å². The normalized spacial score (nSPS) is 21.2. The number of carbonyl (C=O) groups excluding carboxylic acids is 2. The largest absolute Gasteiger partial charge is 0.482 e. The summed E-state index contributed by atoms with van der Waals surface area (Å²) in [6.07, 6.45) is 9.32. The molecule has 2 heterocycles. The van der Waals surface area contributed by atoms with Gasteiger partial charge in [0.25, 0.3) is 5.91 Å². The average Bonchev–Trinajstić information content (AvgIpc) is 3.04. The molecule has 1 aromatic rings. The van der Waals surface area contributed by atoms with Crippen LogP contribution in [0.25, 0.3) is 0 Å². The number of amides is 2. The lowest BCUT2D eigenvalue weighted by Gasteiger charge is -2.30. The summed E-state index contributed by atoms with van der Waals surface area (Å²) in [5.41, 5.74) is 0.435. The molecule has 0 spiro atoms. The molecule has 2 amide bonds. The molecule has 1 N–H and O–H groups in total. The number of rotatable bonds is 5. The second-order valence-corrected chi connectivity index (χ2v) is 10.6. The van der Waals surface area contributed by atoms with Crippen LogP contribution in [0.4, 0.5) is 5.69 Å². The zero-order chi connectivity index (χ0) is 21.8. The fraction of sp³-hybridized carbons (Fsp3) is 0.636. The standard InChI is InChI=1S/C22H31N3O5S/c26-21(23-17-8-4-1-2-5-9-17)15-25-19-11-10-18(14-20(19)30-16-22(25)27)31(28,29)24-12-6-3-7-13-24/h10-11,14,17H,1-9,12-13,15-16H2,(H,23,26). The Balaban J connectivity index is 1.49. The molecule has 170 valence electrons. The second-order valence-electron chi connectivity index (χ2n) is 8.62. The lowest BCUT2D eigenvalue weighted by Crippen LogP contribution is -2.47. The Labute approximate surface area is 184 Å². The quantitative estimate of drug-likeness (QED) is 0.697. The van der Waals surface area contributed by atoms with Crippen molar-refractivity contribution < 1.29 is 22.7 Å². The number of anilines is 1. The predicted molar refractivity (Wildman–Crippen MR) is 117 cm³/mol. The monoisotopic (exact) mass is 449 g/mol. The van der Waals surface area contributed by atoms with Gasteiger partial charge in [-0.2, -0.15) is 4.31 Å². The number of hydrogen-bond donors (Lipinski definition) is 1. The number of hydrogen-bond acceptors (Lipinski definition) is 5. The maximum Gasteiger partial charge on any atom is 0.265 e. The number of sulfonamides is 1. The fourth-order valence-corrected chi connectivity index (χ4v) is 6.15. The third-order valence-electron chi connectivity index (χ3n) is 6.35. The summed E-state index contributed by atoms with van der Waals surface area (Å²) in [6, 6.07) is 4.70. The van der Waals surface area contributed by atoms with Gasteiger partial charge in [-0.05, 0) is 37.8 Å². The topological polar surface area (TPSA) is 96.0 Å². The molecule has 9 heteroatoms. The molecule has 8 nitrogen and oxygen atoms in total. The Hall–Kier alpha value is -2.13. The zero-order valence-electron chi connectivity index (χ0n) is 17.8. The van der Waals surface area contributed by atoms with Gasteiger partial charge in [0.15, 0.2) is 6.61 Å². The highest BCUT2D eigenvalue weighted by Gasteiger charge is 2.31. The summed E-state index contributed by atoms with van der Waals surface area (Å²) in [4.78, 5) is 26.6. The van der Waals surface area contributed by atoms with Gasteiger partial charge in [-0.1, -0.05) is 32.1 Å². The molecular formula is C22H31N3O5S. The first kappa shape index (κ1) is 22.1. The fourth-order valence-electron chi connectivity index (χ4n) is 4.61. The molecule has 2 aliphatic heterocycles. The Kier molecular flexibility index (Phi) is 6.81. The van der Waals surface area contributed by atoms with Gasteiger partial charge < -0.3 is 10.1 Å². The Morgan fingerprint density at radius 3 is 2.42 bits per heavy atom. The summed E-state index contributed by atoms with van der Waals surface area (Å²) in [7, 11) is -3.60. The van der Waals surface area contributed by atoms with Gasteiger partial charge in [-0.15, -0.1) is 0 Å². The number of fused-ring (bicyclic) bond motifs is 1. The molecule has 4 rings (SSSR count). The smallest absolute Gasteiger partial charge is 0.265 e. The van der Waals surface area contributed by atoms with E-state index in [9.17, 15) is 18.0 Å². The highest BCUT2D eigenvalue weighted by molar-refractivity contribution is 7.89. The van der Waals surface area contributed by atoms with Crippen LogP contribution in [0.5, 0.6) is 5.75 Å². The SMILES string of the molecule is O=C(CN1C(=O)COc2cc(S(=O)(=O)N3CCCCC3)ccc21)NC1CCCCCC1. The summed E-state index contributed by atoms with van der Waals surface area (Å²) >= 11 is 0. The van der Waals surface area contributed by atoms with Gasteiger partial charge in [0.1, 0.15) is 12.3 Å². The number of ether oxygens (including phenoxy) is 1. The van der Waals surface area contributed by atoms with E-state index in [1.165, 1.54) is 34.2 Å². The van der Waals surface area contributed by atoms with E-state index in [0.717, 1.165) is 44.9 Å². The van der Waals surface area contributed by atoms with E-state index in [-0.39, 0.29) is 35.9 Å². The van der Waals surface area contributed by atoms with Crippen molar-refractivity contribution >= 4 is 27.5 Å². The first-order chi connectivity index (χ1) is 14.9. The third kappa shape index (κ3) is 5.03. The number of piperidine rings is 1. The molecule has 1 saturated carbocycles. The molecule has 1 aliphatic carbocycles. The van der Waals surface area contributed by atoms with E-state index < -0.39 is 10.0 Å². The number of nitrogens with zero attached hydrogens (tertiary/aromatic N) is 2. The van der Waals surface area contributed by atoms with Crippen LogP contribution in [0.2, 0.25) is 0 Å². The molecule has 0 aromatic heterocycles. The van der Waals surface area contributed by atoms with Crippen LogP contribution >= 0.6 is 0 Å². The molecular weight excluding hydrogens is 418 g/mol. The number of nitrogens with one attached hydrogen (secondary N) is 1. The third-order valence-corrected chi connectivity index (χ3v) is 8.24. The maximum absolute atomic E-state index is 13.0.